The number of rotatable bonds is 5. The van der Waals surface area contributed by atoms with Crippen LogP contribution in [0.4, 0.5) is 4.39 Å². The molecular weight excluding hydrogens is 301 g/mol. The summed E-state index contributed by atoms with van der Waals surface area (Å²) in [5.41, 5.74) is -0.0376. The fourth-order valence-corrected chi connectivity index (χ4v) is 3.75. The number of ether oxygens (including phenoxy) is 2. The molecule has 1 aromatic rings. The molecule has 0 fully saturated rings. The van der Waals surface area contributed by atoms with Crippen LogP contribution in [0.25, 0.3) is 0 Å². The van der Waals surface area contributed by atoms with Gasteiger partial charge in [0.25, 0.3) is 0 Å². The number of methoxy groups -OCH3 is 1. The summed E-state index contributed by atoms with van der Waals surface area (Å²) in [7, 11) is -2.26. The van der Waals surface area contributed by atoms with Gasteiger partial charge in [-0.3, -0.25) is 0 Å². The highest BCUT2D eigenvalue weighted by molar-refractivity contribution is 7.89. The number of hydrogen-bond acceptors (Lipinski definition) is 5. The van der Waals surface area contributed by atoms with Crippen LogP contribution >= 0.6 is 0 Å². The monoisotopic (exact) mass is 317 g/mol. The molecule has 116 valence electrons. The van der Waals surface area contributed by atoms with Gasteiger partial charge in [0.05, 0.1) is 23.7 Å². The van der Waals surface area contributed by atoms with E-state index in [0.717, 1.165) is 12.1 Å². The molecule has 0 radical (unpaired) electrons. The molecule has 0 spiro atoms. The second-order valence-corrected chi connectivity index (χ2v) is 6.40. The third-order valence-corrected chi connectivity index (χ3v) is 5.08. The van der Waals surface area contributed by atoms with Crippen molar-refractivity contribution in [3.05, 3.63) is 29.1 Å². The SMILES string of the molecule is CCOC(=O)c1cc2c(cc1F)CN(CCOC)S2(=O)=O. The number of halogens is 1. The number of esters is 1. The summed E-state index contributed by atoms with van der Waals surface area (Å²) in [5, 5.41) is 0. The second-order valence-electron chi connectivity index (χ2n) is 4.49. The Morgan fingerprint density at radius 3 is 2.76 bits per heavy atom. The van der Waals surface area contributed by atoms with Gasteiger partial charge in [0.15, 0.2) is 0 Å². The van der Waals surface area contributed by atoms with Gasteiger partial charge < -0.3 is 9.47 Å². The Labute approximate surface area is 122 Å². The van der Waals surface area contributed by atoms with Crippen LogP contribution in [0.5, 0.6) is 0 Å². The number of hydrogen-bond donors (Lipinski definition) is 0. The van der Waals surface area contributed by atoms with E-state index >= 15 is 0 Å². The highest BCUT2D eigenvalue weighted by Gasteiger charge is 2.36. The quantitative estimate of drug-likeness (QED) is 0.762. The zero-order valence-corrected chi connectivity index (χ0v) is 12.6. The minimum atomic E-state index is -3.73. The van der Waals surface area contributed by atoms with Gasteiger partial charge in [-0.15, -0.1) is 0 Å². The van der Waals surface area contributed by atoms with Crippen molar-refractivity contribution in [2.75, 3.05) is 26.9 Å². The summed E-state index contributed by atoms with van der Waals surface area (Å²) in [6, 6.07) is 2.12. The summed E-state index contributed by atoms with van der Waals surface area (Å²) < 4.78 is 49.3. The lowest BCUT2D eigenvalue weighted by molar-refractivity contribution is 0.0520. The van der Waals surface area contributed by atoms with Gasteiger partial charge in [-0.1, -0.05) is 0 Å². The van der Waals surface area contributed by atoms with Crippen LogP contribution < -0.4 is 0 Å². The maximum Gasteiger partial charge on any atom is 0.341 e. The summed E-state index contributed by atoms with van der Waals surface area (Å²) in [4.78, 5) is 11.6. The number of nitrogens with zero attached hydrogens (tertiary/aromatic N) is 1. The molecule has 0 bridgehead atoms. The van der Waals surface area contributed by atoms with E-state index in [4.69, 9.17) is 9.47 Å². The van der Waals surface area contributed by atoms with Gasteiger partial charge in [0.1, 0.15) is 5.82 Å². The number of benzene rings is 1. The molecule has 1 aliphatic rings. The van der Waals surface area contributed by atoms with E-state index in [1.54, 1.807) is 6.92 Å². The maximum absolute atomic E-state index is 13.9. The molecule has 21 heavy (non-hydrogen) atoms. The standard InChI is InChI=1S/C13H16FNO5S/c1-3-20-13(16)10-7-12-9(6-11(10)14)8-15(4-5-19-2)21(12,17)18/h6-7H,3-5,8H2,1-2H3. The third-order valence-electron chi connectivity index (χ3n) is 3.15. The van der Waals surface area contributed by atoms with Gasteiger partial charge in [-0.25, -0.2) is 17.6 Å². The lowest BCUT2D eigenvalue weighted by Gasteiger charge is -2.13. The highest BCUT2D eigenvalue weighted by Crippen LogP contribution is 2.32. The van der Waals surface area contributed by atoms with E-state index in [9.17, 15) is 17.6 Å². The predicted octanol–water partition coefficient (Wildman–Crippen LogP) is 1.15. The largest absolute Gasteiger partial charge is 0.462 e. The minimum Gasteiger partial charge on any atom is -0.462 e. The molecule has 8 heteroatoms. The number of fused-ring (bicyclic) bond motifs is 1. The van der Waals surface area contributed by atoms with Gasteiger partial charge in [-0.05, 0) is 24.6 Å². The molecule has 1 aromatic carbocycles. The van der Waals surface area contributed by atoms with E-state index in [2.05, 4.69) is 0 Å². The van der Waals surface area contributed by atoms with Crippen LogP contribution in [0.2, 0.25) is 0 Å². The average Bonchev–Trinajstić information content (AvgIpc) is 2.66. The Morgan fingerprint density at radius 1 is 1.43 bits per heavy atom. The molecule has 0 unspecified atom stereocenters. The predicted molar refractivity (Wildman–Crippen MR) is 71.8 cm³/mol. The van der Waals surface area contributed by atoms with Crippen molar-refractivity contribution in [1.82, 2.24) is 4.31 Å². The normalized spacial score (nSPS) is 16.7. The Hall–Kier alpha value is -1.51. The maximum atomic E-state index is 13.9. The van der Waals surface area contributed by atoms with Crippen molar-refractivity contribution in [3.63, 3.8) is 0 Å². The summed E-state index contributed by atoms with van der Waals surface area (Å²) >= 11 is 0. The van der Waals surface area contributed by atoms with Gasteiger partial charge in [0.2, 0.25) is 10.0 Å². The minimum absolute atomic E-state index is 0.0527. The second kappa shape index (κ2) is 6.08. The van der Waals surface area contributed by atoms with E-state index in [1.807, 2.05) is 0 Å². The van der Waals surface area contributed by atoms with E-state index in [0.29, 0.717) is 5.56 Å². The third kappa shape index (κ3) is 2.92. The molecule has 0 amide bonds. The first-order valence-electron chi connectivity index (χ1n) is 6.40. The molecule has 2 rings (SSSR count). The van der Waals surface area contributed by atoms with Gasteiger partial charge in [-0.2, -0.15) is 4.31 Å². The van der Waals surface area contributed by atoms with Crippen molar-refractivity contribution in [2.24, 2.45) is 0 Å². The average molecular weight is 317 g/mol. The molecule has 0 saturated carbocycles. The van der Waals surface area contributed by atoms with Crippen LogP contribution in [0.3, 0.4) is 0 Å². The van der Waals surface area contributed by atoms with E-state index in [-0.39, 0.29) is 36.8 Å². The summed E-state index contributed by atoms with van der Waals surface area (Å²) in [6.45, 7) is 2.15. The Balaban J connectivity index is 2.40. The molecule has 0 atom stereocenters. The fourth-order valence-electron chi connectivity index (χ4n) is 2.13. The molecule has 1 aliphatic heterocycles. The van der Waals surface area contributed by atoms with Crippen molar-refractivity contribution in [3.8, 4) is 0 Å². The fraction of sp³-hybridized carbons (Fsp3) is 0.462. The van der Waals surface area contributed by atoms with Crippen LogP contribution in [0.15, 0.2) is 17.0 Å². The molecular formula is C13H16FNO5S. The lowest BCUT2D eigenvalue weighted by atomic mass is 10.1. The molecule has 0 aliphatic carbocycles. The first-order chi connectivity index (χ1) is 9.91. The molecule has 0 N–H and O–H groups in total. The number of carbonyl (C=O) groups is 1. The van der Waals surface area contributed by atoms with Crippen LogP contribution in [0.1, 0.15) is 22.8 Å². The number of carbonyl (C=O) groups excluding carboxylic acids is 1. The van der Waals surface area contributed by atoms with Crippen molar-refractivity contribution < 1.29 is 27.1 Å². The topological polar surface area (TPSA) is 72.9 Å². The van der Waals surface area contributed by atoms with Crippen LogP contribution in [-0.4, -0.2) is 45.6 Å². The van der Waals surface area contributed by atoms with Crippen LogP contribution in [0, 0.1) is 5.82 Å². The molecule has 0 saturated heterocycles. The zero-order chi connectivity index (χ0) is 15.6. The number of sulfonamides is 1. The summed E-state index contributed by atoms with van der Waals surface area (Å²) in [5.74, 6) is -1.65. The Bertz CT molecular complexity index is 659. The molecule has 0 aromatic heterocycles. The van der Waals surface area contributed by atoms with Gasteiger partial charge in [0, 0.05) is 20.2 Å². The zero-order valence-electron chi connectivity index (χ0n) is 11.8. The molecule has 6 nitrogen and oxygen atoms in total. The van der Waals surface area contributed by atoms with Crippen molar-refractivity contribution >= 4 is 16.0 Å². The van der Waals surface area contributed by atoms with E-state index < -0.39 is 21.8 Å². The lowest BCUT2D eigenvalue weighted by Crippen LogP contribution is -2.27. The van der Waals surface area contributed by atoms with Crippen LogP contribution in [-0.2, 0) is 26.0 Å². The first kappa shape index (κ1) is 15.9. The smallest absolute Gasteiger partial charge is 0.341 e. The van der Waals surface area contributed by atoms with Gasteiger partial charge >= 0.3 is 5.97 Å². The first-order valence-corrected chi connectivity index (χ1v) is 7.84. The molecule has 1 heterocycles. The van der Waals surface area contributed by atoms with E-state index in [1.165, 1.54) is 11.4 Å². The van der Waals surface area contributed by atoms with Crippen molar-refractivity contribution in [2.45, 2.75) is 18.4 Å². The Morgan fingerprint density at radius 2 is 2.14 bits per heavy atom. The Kier molecular flexibility index (Phi) is 4.60. The highest BCUT2D eigenvalue weighted by atomic mass is 32.2. The summed E-state index contributed by atoms with van der Waals surface area (Å²) in [6.07, 6.45) is 0. The van der Waals surface area contributed by atoms with Crippen molar-refractivity contribution in [1.29, 1.82) is 0 Å².